The molecule has 4 unspecified atom stereocenters. The predicted octanol–water partition coefficient (Wildman–Crippen LogP) is 3.02. The van der Waals surface area contributed by atoms with E-state index in [-0.39, 0.29) is 5.56 Å². The first-order valence-corrected chi connectivity index (χ1v) is 7.09. The quantitative estimate of drug-likeness (QED) is 0.873. The molecule has 19 heavy (non-hydrogen) atoms. The molecule has 0 spiro atoms. The van der Waals surface area contributed by atoms with E-state index in [1.54, 1.807) is 12.3 Å². The lowest BCUT2D eigenvalue weighted by Gasteiger charge is -2.28. The Morgan fingerprint density at radius 1 is 1.47 bits per heavy atom. The minimum absolute atomic E-state index is 0.289. The van der Waals surface area contributed by atoms with Gasteiger partial charge in [0.25, 0.3) is 0 Å². The molecular weight excluding hydrogens is 240 g/mol. The number of hydrogen-bond acceptors (Lipinski definition) is 3. The molecule has 0 amide bonds. The van der Waals surface area contributed by atoms with Crippen LogP contribution in [-0.4, -0.2) is 22.1 Å². The standard InChI is InChI=1S/C15H20N2O2/c1-9(13-7-10-2-3-11(13)6-10)17-14-8-12(15(18)19)4-5-16-14/h4-5,8-11,13H,2-3,6-7H2,1H3,(H,16,17)(H,18,19). The van der Waals surface area contributed by atoms with Gasteiger partial charge >= 0.3 is 5.97 Å². The zero-order valence-electron chi connectivity index (χ0n) is 11.2. The average molecular weight is 260 g/mol. The Morgan fingerprint density at radius 2 is 2.32 bits per heavy atom. The number of anilines is 1. The maximum Gasteiger partial charge on any atom is 0.335 e. The Balaban J connectivity index is 1.67. The highest BCUT2D eigenvalue weighted by molar-refractivity contribution is 5.88. The molecular formula is C15H20N2O2. The molecule has 1 aromatic heterocycles. The number of nitrogens with zero attached hydrogens (tertiary/aromatic N) is 1. The molecule has 4 heteroatoms. The number of carboxylic acid groups (broad SMARTS) is 1. The van der Waals surface area contributed by atoms with E-state index < -0.39 is 5.97 Å². The molecule has 1 heterocycles. The van der Waals surface area contributed by atoms with Gasteiger partial charge in [-0.3, -0.25) is 0 Å². The SMILES string of the molecule is CC(Nc1cc(C(=O)O)ccn1)C1CC2CCC1C2. The number of carboxylic acids is 1. The summed E-state index contributed by atoms with van der Waals surface area (Å²) in [5.74, 6) is 2.27. The molecule has 2 N–H and O–H groups in total. The molecule has 0 aliphatic heterocycles. The number of carbonyl (C=O) groups is 1. The smallest absolute Gasteiger partial charge is 0.335 e. The topological polar surface area (TPSA) is 62.2 Å². The van der Waals surface area contributed by atoms with E-state index in [0.717, 1.165) is 11.8 Å². The van der Waals surface area contributed by atoms with Gasteiger partial charge in [0.15, 0.2) is 0 Å². The number of hydrogen-bond donors (Lipinski definition) is 2. The Kier molecular flexibility index (Phi) is 3.17. The summed E-state index contributed by atoms with van der Waals surface area (Å²) >= 11 is 0. The number of aromatic nitrogens is 1. The molecule has 4 atom stereocenters. The maximum absolute atomic E-state index is 10.9. The zero-order chi connectivity index (χ0) is 13.4. The van der Waals surface area contributed by atoms with E-state index in [1.165, 1.54) is 31.7 Å². The Hall–Kier alpha value is -1.58. The van der Waals surface area contributed by atoms with Crippen molar-refractivity contribution in [1.29, 1.82) is 0 Å². The van der Waals surface area contributed by atoms with Crippen molar-refractivity contribution in [3.8, 4) is 0 Å². The molecule has 102 valence electrons. The zero-order valence-corrected chi connectivity index (χ0v) is 11.2. The van der Waals surface area contributed by atoms with Crippen LogP contribution in [0.1, 0.15) is 43.0 Å². The third-order valence-electron chi connectivity index (χ3n) is 4.82. The molecule has 2 saturated carbocycles. The van der Waals surface area contributed by atoms with Crippen molar-refractivity contribution in [1.82, 2.24) is 4.98 Å². The molecule has 2 bridgehead atoms. The summed E-state index contributed by atoms with van der Waals surface area (Å²) < 4.78 is 0. The van der Waals surface area contributed by atoms with Crippen LogP contribution < -0.4 is 5.32 Å². The Labute approximate surface area is 113 Å². The van der Waals surface area contributed by atoms with Crippen molar-refractivity contribution in [3.05, 3.63) is 23.9 Å². The molecule has 2 fully saturated rings. The first-order chi connectivity index (χ1) is 9.13. The molecule has 0 radical (unpaired) electrons. The van der Waals surface area contributed by atoms with Crippen molar-refractivity contribution in [2.45, 2.75) is 38.6 Å². The minimum Gasteiger partial charge on any atom is -0.478 e. The van der Waals surface area contributed by atoms with Gasteiger partial charge in [0, 0.05) is 12.2 Å². The average Bonchev–Trinajstić information content (AvgIpc) is 3.01. The van der Waals surface area contributed by atoms with Gasteiger partial charge in [0.1, 0.15) is 5.82 Å². The van der Waals surface area contributed by atoms with Crippen LogP contribution >= 0.6 is 0 Å². The third-order valence-corrected chi connectivity index (χ3v) is 4.82. The van der Waals surface area contributed by atoms with Crippen LogP contribution in [0.25, 0.3) is 0 Å². The van der Waals surface area contributed by atoms with Gasteiger partial charge in [-0.05, 0) is 56.1 Å². The summed E-state index contributed by atoms with van der Waals surface area (Å²) in [6.07, 6.45) is 7.03. The number of aromatic carboxylic acids is 1. The summed E-state index contributed by atoms with van der Waals surface area (Å²) in [5.41, 5.74) is 0.289. The van der Waals surface area contributed by atoms with Crippen molar-refractivity contribution in [3.63, 3.8) is 0 Å². The number of pyridine rings is 1. The van der Waals surface area contributed by atoms with E-state index >= 15 is 0 Å². The Morgan fingerprint density at radius 3 is 2.95 bits per heavy atom. The largest absolute Gasteiger partial charge is 0.478 e. The van der Waals surface area contributed by atoms with E-state index in [2.05, 4.69) is 17.2 Å². The molecule has 0 saturated heterocycles. The number of rotatable bonds is 4. The highest BCUT2D eigenvalue weighted by atomic mass is 16.4. The monoisotopic (exact) mass is 260 g/mol. The van der Waals surface area contributed by atoms with Crippen LogP contribution in [0.5, 0.6) is 0 Å². The summed E-state index contributed by atoms with van der Waals surface area (Å²) in [7, 11) is 0. The fourth-order valence-electron chi connectivity index (χ4n) is 3.89. The number of nitrogens with one attached hydrogen (secondary N) is 1. The fraction of sp³-hybridized carbons (Fsp3) is 0.600. The van der Waals surface area contributed by atoms with Crippen LogP contribution in [0.2, 0.25) is 0 Å². The normalized spacial score (nSPS) is 30.3. The lowest BCUT2D eigenvalue weighted by atomic mass is 9.84. The molecule has 2 aliphatic rings. The highest BCUT2D eigenvalue weighted by Crippen LogP contribution is 2.49. The van der Waals surface area contributed by atoms with Crippen molar-refractivity contribution in [2.75, 3.05) is 5.32 Å². The first kappa shape index (κ1) is 12.5. The van der Waals surface area contributed by atoms with Gasteiger partial charge in [-0.25, -0.2) is 9.78 Å². The molecule has 1 aromatic rings. The Bertz CT molecular complexity index is 489. The lowest BCUT2D eigenvalue weighted by Crippen LogP contribution is -2.30. The first-order valence-electron chi connectivity index (χ1n) is 7.09. The summed E-state index contributed by atoms with van der Waals surface area (Å²) in [4.78, 5) is 15.2. The van der Waals surface area contributed by atoms with Crippen LogP contribution in [-0.2, 0) is 0 Å². The molecule has 4 nitrogen and oxygen atoms in total. The van der Waals surface area contributed by atoms with Gasteiger partial charge in [0.2, 0.25) is 0 Å². The maximum atomic E-state index is 10.9. The fourth-order valence-corrected chi connectivity index (χ4v) is 3.89. The van der Waals surface area contributed by atoms with Crippen LogP contribution in [0, 0.1) is 17.8 Å². The van der Waals surface area contributed by atoms with Crippen molar-refractivity contribution in [2.24, 2.45) is 17.8 Å². The predicted molar refractivity (Wildman–Crippen MR) is 73.2 cm³/mol. The number of fused-ring (bicyclic) bond motifs is 2. The van der Waals surface area contributed by atoms with Crippen LogP contribution in [0.4, 0.5) is 5.82 Å². The highest BCUT2D eigenvalue weighted by Gasteiger charge is 2.41. The molecule has 3 rings (SSSR count). The van der Waals surface area contributed by atoms with E-state index in [0.29, 0.717) is 17.8 Å². The van der Waals surface area contributed by atoms with E-state index in [1.807, 2.05) is 0 Å². The summed E-state index contributed by atoms with van der Waals surface area (Å²) in [6.45, 7) is 2.19. The minimum atomic E-state index is -0.905. The van der Waals surface area contributed by atoms with Crippen LogP contribution in [0.15, 0.2) is 18.3 Å². The lowest BCUT2D eigenvalue weighted by molar-refractivity contribution is 0.0697. The second kappa shape index (κ2) is 4.83. The summed E-state index contributed by atoms with van der Waals surface area (Å²) in [5, 5.41) is 12.4. The van der Waals surface area contributed by atoms with Gasteiger partial charge in [0.05, 0.1) is 5.56 Å². The van der Waals surface area contributed by atoms with Crippen molar-refractivity contribution >= 4 is 11.8 Å². The van der Waals surface area contributed by atoms with Gasteiger partial charge < -0.3 is 10.4 Å². The van der Waals surface area contributed by atoms with Crippen molar-refractivity contribution < 1.29 is 9.90 Å². The molecule has 0 aromatic carbocycles. The summed E-state index contributed by atoms with van der Waals surface area (Å²) in [6, 6.07) is 3.51. The van der Waals surface area contributed by atoms with E-state index in [9.17, 15) is 4.79 Å². The second-order valence-corrected chi connectivity index (χ2v) is 6.01. The van der Waals surface area contributed by atoms with Crippen LogP contribution in [0.3, 0.4) is 0 Å². The third kappa shape index (κ3) is 2.44. The molecule has 2 aliphatic carbocycles. The van der Waals surface area contributed by atoms with Gasteiger partial charge in [-0.2, -0.15) is 0 Å². The van der Waals surface area contributed by atoms with E-state index in [4.69, 9.17) is 5.11 Å². The second-order valence-electron chi connectivity index (χ2n) is 6.01. The van der Waals surface area contributed by atoms with Gasteiger partial charge in [-0.1, -0.05) is 6.42 Å². The van der Waals surface area contributed by atoms with Gasteiger partial charge in [-0.15, -0.1) is 0 Å².